The van der Waals surface area contributed by atoms with E-state index >= 15 is 0 Å². The molecule has 1 unspecified atom stereocenters. The Bertz CT molecular complexity index is 421. The minimum atomic E-state index is 0.0809. The standard InChI is InChI=1S/C14H20BrN3O/c1-18-7-6-16-13(10-18)9-17-14(19)8-11-2-4-12(15)5-3-11/h2-5,13,16H,6-10H2,1H3,(H,17,19). The zero-order chi connectivity index (χ0) is 13.7. The van der Waals surface area contributed by atoms with Crippen molar-refractivity contribution in [3.8, 4) is 0 Å². The lowest BCUT2D eigenvalue weighted by Crippen LogP contribution is -2.53. The van der Waals surface area contributed by atoms with Gasteiger partial charge in [-0.25, -0.2) is 0 Å². The van der Waals surface area contributed by atoms with E-state index in [0.717, 1.165) is 29.7 Å². The smallest absolute Gasteiger partial charge is 0.224 e. The summed E-state index contributed by atoms with van der Waals surface area (Å²) in [6.45, 7) is 3.74. The molecule has 0 aromatic heterocycles. The number of amides is 1. The average molecular weight is 326 g/mol. The summed E-state index contributed by atoms with van der Waals surface area (Å²) in [7, 11) is 2.11. The molecule has 1 saturated heterocycles. The number of nitrogens with one attached hydrogen (secondary N) is 2. The number of hydrogen-bond donors (Lipinski definition) is 2. The van der Waals surface area contributed by atoms with Gasteiger partial charge >= 0.3 is 0 Å². The molecule has 0 bridgehead atoms. The molecule has 4 nitrogen and oxygen atoms in total. The molecule has 1 aliphatic rings. The van der Waals surface area contributed by atoms with Gasteiger partial charge in [-0.1, -0.05) is 28.1 Å². The van der Waals surface area contributed by atoms with Crippen molar-refractivity contribution in [2.45, 2.75) is 12.5 Å². The molecule has 19 heavy (non-hydrogen) atoms. The van der Waals surface area contributed by atoms with Gasteiger partial charge in [0.25, 0.3) is 0 Å². The van der Waals surface area contributed by atoms with Gasteiger partial charge in [-0.2, -0.15) is 0 Å². The quantitative estimate of drug-likeness (QED) is 0.868. The maximum atomic E-state index is 11.9. The van der Waals surface area contributed by atoms with Gasteiger partial charge in [0.1, 0.15) is 0 Å². The van der Waals surface area contributed by atoms with E-state index in [1.165, 1.54) is 0 Å². The molecule has 0 aliphatic carbocycles. The van der Waals surface area contributed by atoms with Gasteiger partial charge in [0.05, 0.1) is 6.42 Å². The van der Waals surface area contributed by atoms with Crippen LogP contribution in [0.25, 0.3) is 0 Å². The molecule has 104 valence electrons. The molecule has 5 heteroatoms. The summed E-state index contributed by atoms with van der Waals surface area (Å²) >= 11 is 3.39. The van der Waals surface area contributed by atoms with Crippen molar-refractivity contribution < 1.29 is 4.79 Å². The second-order valence-corrected chi connectivity index (χ2v) is 5.94. The summed E-state index contributed by atoms with van der Waals surface area (Å²) in [5, 5.41) is 6.41. The number of carbonyl (C=O) groups is 1. The van der Waals surface area contributed by atoms with Gasteiger partial charge in [-0.15, -0.1) is 0 Å². The van der Waals surface area contributed by atoms with Crippen molar-refractivity contribution in [1.82, 2.24) is 15.5 Å². The SMILES string of the molecule is CN1CCNC(CNC(=O)Cc2ccc(Br)cc2)C1. The van der Waals surface area contributed by atoms with Gasteiger partial charge in [-0.05, 0) is 24.7 Å². The Morgan fingerprint density at radius 2 is 2.21 bits per heavy atom. The van der Waals surface area contributed by atoms with Crippen molar-refractivity contribution in [3.05, 3.63) is 34.3 Å². The molecule has 1 aromatic carbocycles. The van der Waals surface area contributed by atoms with Crippen LogP contribution in [0.15, 0.2) is 28.7 Å². The molecular weight excluding hydrogens is 306 g/mol. The summed E-state index contributed by atoms with van der Waals surface area (Å²) in [6.07, 6.45) is 0.440. The largest absolute Gasteiger partial charge is 0.354 e. The zero-order valence-corrected chi connectivity index (χ0v) is 12.7. The molecule has 1 aliphatic heterocycles. The molecule has 2 N–H and O–H groups in total. The summed E-state index contributed by atoms with van der Waals surface area (Å²) < 4.78 is 1.03. The van der Waals surface area contributed by atoms with Crippen molar-refractivity contribution in [2.24, 2.45) is 0 Å². The average Bonchev–Trinajstić information content (AvgIpc) is 2.39. The molecule has 1 atom stereocenters. The molecule has 1 heterocycles. The number of rotatable bonds is 4. The molecule has 1 aromatic rings. The van der Waals surface area contributed by atoms with Gasteiger partial charge in [0, 0.05) is 36.7 Å². The maximum Gasteiger partial charge on any atom is 0.224 e. The lowest BCUT2D eigenvalue weighted by Gasteiger charge is -2.30. The third kappa shape index (κ3) is 4.93. The predicted molar refractivity (Wildman–Crippen MR) is 80.1 cm³/mol. The Morgan fingerprint density at radius 3 is 2.89 bits per heavy atom. The molecule has 1 amide bonds. The molecular formula is C14H20BrN3O. The molecule has 2 rings (SSSR count). The second kappa shape index (κ2) is 7.03. The minimum absolute atomic E-state index is 0.0809. The number of nitrogens with zero attached hydrogens (tertiary/aromatic N) is 1. The van der Waals surface area contributed by atoms with E-state index in [0.29, 0.717) is 19.0 Å². The Hall–Kier alpha value is -0.910. The highest BCUT2D eigenvalue weighted by atomic mass is 79.9. The van der Waals surface area contributed by atoms with Crippen LogP contribution in [0.2, 0.25) is 0 Å². The highest BCUT2D eigenvalue weighted by molar-refractivity contribution is 9.10. The van der Waals surface area contributed by atoms with Crippen LogP contribution in [0.1, 0.15) is 5.56 Å². The lowest BCUT2D eigenvalue weighted by atomic mass is 10.1. The third-order valence-electron chi connectivity index (χ3n) is 3.28. The van der Waals surface area contributed by atoms with Gasteiger partial charge < -0.3 is 15.5 Å². The lowest BCUT2D eigenvalue weighted by molar-refractivity contribution is -0.120. The Balaban J connectivity index is 1.73. The maximum absolute atomic E-state index is 11.9. The first-order valence-electron chi connectivity index (χ1n) is 6.56. The van der Waals surface area contributed by atoms with Crippen molar-refractivity contribution in [1.29, 1.82) is 0 Å². The summed E-state index contributed by atoms with van der Waals surface area (Å²) in [5.41, 5.74) is 1.04. The number of likely N-dealkylation sites (N-methyl/N-ethyl adjacent to an activating group) is 1. The molecule has 0 saturated carbocycles. The van der Waals surface area contributed by atoms with Crippen molar-refractivity contribution in [3.63, 3.8) is 0 Å². The summed E-state index contributed by atoms with van der Waals surface area (Å²) in [5.74, 6) is 0.0809. The van der Waals surface area contributed by atoms with Crippen molar-refractivity contribution in [2.75, 3.05) is 33.2 Å². The van der Waals surface area contributed by atoms with Crippen LogP contribution in [0.3, 0.4) is 0 Å². The van der Waals surface area contributed by atoms with Crippen molar-refractivity contribution >= 4 is 21.8 Å². The van der Waals surface area contributed by atoms with Gasteiger partial charge in [0.2, 0.25) is 5.91 Å². The van der Waals surface area contributed by atoms with Crippen LogP contribution in [0, 0.1) is 0 Å². The second-order valence-electron chi connectivity index (χ2n) is 5.02. The molecule has 0 spiro atoms. The van der Waals surface area contributed by atoms with Crippen LogP contribution in [0.4, 0.5) is 0 Å². The first-order valence-corrected chi connectivity index (χ1v) is 7.36. The van der Waals surface area contributed by atoms with Crippen LogP contribution < -0.4 is 10.6 Å². The highest BCUT2D eigenvalue weighted by Gasteiger charge is 2.16. The monoisotopic (exact) mass is 325 g/mol. The Kier molecular flexibility index (Phi) is 5.36. The van der Waals surface area contributed by atoms with E-state index in [2.05, 4.69) is 38.5 Å². The number of hydrogen-bond acceptors (Lipinski definition) is 3. The van der Waals surface area contributed by atoms with E-state index < -0.39 is 0 Å². The Morgan fingerprint density at radius 1 is 1.47 bits per heavy atom. The van der Waals surface area contributed by atoms with E-state index in [1.807, 2.05) is 24.3 Å². The number of halogens is 1. The van der Waals surface area contributed by atoms with E-state index in [4.69, 9.17) is 0 Å². The van der Waals surface area contributed by atoms with E-state index in [9.17, 15) is 4.79 Å². The predicted octanol–water partition coefficient (Wildman–Crippen LogP) is 1.01. The summed E-state index contributed by atoms with van der Waals surface area (Å²) in [6, 6.07) is 8.21. The highest BCUT2D eigenvalue weighted by Crippen LogP contribution is 2.10. The first kappa shape index (κ1) is 14.5. The number of carbonyl (C=O) groups excluding carboxylic acids is 1. The van der Waals surface area contributed by atoms with E-state index in [-0.39, 0.29) is 5.91 Å². The zero-order valence-electron chi connectivity index (χ0n) is 11.2. The fourth-order valence-corrected chi connectivity index (χ4v) is 2.48. The topological polar surface area (TPSA) is 44.4 Å². The van der Waals surface area contributed by atoms with E-state index in [1.54, 1.807) is 0 Å². The normalized spacial score (nSPS) is 20.2. The van der Waals surface area contributed by atoms with Crippen LogP contribution in [0.5, 0.6) is 0 Å². The number of benzene rings is 1. The molecule has 1 fully saturated rings. The van der Waals surface area contributed by atoms with Crippen LogP contribution in [-0.2, 0) is 11.2 Å². The fraction of sp³-hybridized carbons (Fsp3) is 0.500. The van der Waals surface area contributed by atoms with Crippen LogP contribution in [-0.4, -0.2) is 50.1 Å². The number of piperazine rings is 1. The Labute approximate surface area is 122 Å². The minimum Gasteiger partial charge on any atom is -0.354 e. The first-order chi connectivity index (χ1) is 9.13. The van der Waals surface area contributed by atoms with Gasteiger partial charge in [0.15, 0.2) is 0 Å². The molecule has 0 radical (unpaired) electrons. The van der Waals surface area contributed by atoms with Gasteiger partial charge in [-0.3, -0.25) is 4.79 Å². The third-order valence-corrected chi connectivity index (χ3v) is 3.81. The fourth-order valence-electron chi connectivity index (χ4n) is 2.22. The summed E-state index contributed by atoms with van der Waals surface area (Å²) in [4.78, 5) is 14.1. The van der Waals surface area contributed by atoms with Crippen LogP contribution >= 0.6 is 15.9 Å².